The second kappa shape index (κ2) is 13.3. The second-order valence-corrected chi connectivity index (χ2v) is 12.5. The van der Waals surface area contributed by atoms with Crippen LogP contribution < -0.4 is 5.56 Å². The third kappa shape index (κ3) is 6.48. The van der Waals surface area contributed by atoms with Gasteiger partial charge >= 0.3 is 0 Å². The van der Waals surface area contributed by atoms with Gasteiger partial charge in [-0.3, -0.25) is 19.1 Å². The molecule has 3 aromatic heterocycles. The fourth-order valence-corrected chi connectivity index (χ4v) is 6.66. The summed E-state index contributed by atoms with van der Waals surface area (Å²) in [6.07, 6.45) is 10.1. The number of halogens is 1. The monoisotopic (exact) mass is 611 g/mol. The Kier molecular flexibility index (Phi) is 9.22. The number of nitrogens with one attached hydrogen (secondary N) is 1. The van der Waals surface area contributed by atoms with E-state index in [1.54, 1.807) is 15.5 Å². The lowest BCUT2D eigenvalue weighted by Gasteiger charge is -2.25. The Morgan fingerprint density at radius 2 is 1.69 bits per heavy atom. The number of likely N-dealkylation sites (tertiary alicyclic amines) is 1. The van der Waals surface area contributed by atoms with Gasteiger partial charge in [-0.1, -0.05) is 26.3 Å². The Labute approximate surface area is 265 Å². The van der Waals surface area contributed by atoms with E-state index >= 15 is 0 Å². The zero-order chi connectivity index (χ0) is 31.7. The third-order valence-corrected chi connectivity index (χ3v) is 9.39. The Balaban J connectivity index is 0.00000175. The van der Waals surface area contributed by atoms with E-state index in [4.69, 9.17) is 4.98 Å². The van der Waals surface area contributed by atoms with E-state index < -0.39 is 5.82 Å². The van der Waals surface area contributed by atoms with Gasteiger partial charge in [0.15, 0.2) is 0 Å². The minimum Gasteiger partial charge on any atom is -0.353 e. The van der Waals surface area contributed by atoms with Crippen molar-refractivity contribution >= 4 is 16.8 Å². The highest BCUT2D eigenvalue weighted by Gasteiger charge is 2.30. The minimum absolute atomic E-state index is 0.116. The summed E-state index contributed by atoms with van der Waals surface area (Å²) in [5.74, 6) is 0.664. The number of H-pyrrole nitrogens is 1. The average Bonchev–Trinajstić information content (AvgIpc) is 4.01. The smallest absolute Gasteiger partial charge is 0.280 e. The molecule has 1 amide bonds. The van der Waals surface area contributed by atoms with Gasteiger partial charge in [-0.05, 0) is 118 Å². The normalized spacial score (nSPS) is 16.8. The van der Waals surface area contributed by atoms with Gasteiger partial charge in [0.05, 0.1) is 5.56 Å². The van der Waals surface area contributed by atoms with E-state index in [0.717, 1.165) is 67.7 Å². The van der Waals surface area contributed by atoms with Crippen LogP contribution in [0.2, 0.25) is 0 Å². The molecular formula is C37H46FN5O2. The second-order valence-electron chi connectivity index (χ2n) is 12.5. The fraction of sp³-hybridized carbons (Fsp3) is 0.486. The zero-order valence-corrected chi connectivity index (χ0v) is 27.2. The van der Waals surface area contributed by atoms with Crippen molar-refractivity contribution < 1.29 is 9.18 Å². The number of aromatic amines is 1. The van der Waals surface area contributed by atoms with Crippen LogP contribution in [0.25, 0.3) is 27.8 Å². The maximum Gasteiger partial charge on any atom is 0.280 e. The van der Waals surface area contributed by atoms with Crippen molar-refractivity contribution in [3.05, 3.63) is 81.3 Å². The molecule has 7 nitrogen and oxygen atoms in total. The Morgan fingerprint density at radius 1 is 0.978 bits per heavy atom. The Bertz CT molecular complexity index is 1740. The molecule has 7 rings (SSSR count). The van der Waals surface area contributed by atoms with E-state index in [2.05, 4.69) is 16.0 Å². The summed E-state index contributed by atoms with van der Waals surface area (Å²) in [4.78, 5) is 40.3. The molecule has 8 heteroatoms. The lowest BCUT2D eigenvalue weighted by Crippen LogP contribution is -2.31. The van der Waals surface area contributed by atoms with Crippen molar-refractivity contribution in [2.24, 2.45) is 0 Å². The maximum atomic E-state index is 14.5. The summed E-state index contributed by atoms with van der Waals surface area (Å²) in [6.45, 7) is 11.9. The summed E-state index contributed by atoms with van der Waals surface area (Å²) < 4.78 is 16.2. The average molecular weight is 612 g/mol. The van der Waals surface area contributed by atoms with Crippen LogP contribution in [-0.4, -0.2) is 56.4 Å². The van der Waals surface area contributed by atoms with Crippen LogP contribution in [0.4, 0.5) is 4.39 Å². The molecule has 2 aliphatic carbocycles. The fourth-order valence-electron chi connectivity index (χ4n) is 6.66. The van der Waals surface area contributed by atoms with E-state index in [1.165, 1.54) is 37.0 Å². The topological polar surface area (TPSA) is 74.2 Å². The number of hydrogen-bond donors (Lipinski definition) is 1. The van der Waals surface area contributed by atoms with Crippen molar-refractivity contribution in [3.8, 4) is 16.9 Å². The summed E-state index contributed by atoms with van der Waals surface area (Å²) in [5, 5.41) is 1.03. The van der Waals surface area contributed by atoms with Crippen LogP contribution >= 0.6 is 0 Å². The highest BCUT2D eigenvalue weighted by molar-refractivity contribution is 6.01. The number of amides is 1. The SMILES string of the molecule is CC.CCN(CC)C(=O)c1cc(F)ccc1-c1cc(C2CC2)nc(-n2cc(C3CC3)c3cc(CN4CCCCC4)[nH]c3c2=O)c1. The molecule has 0 spiro atoms. The first-order valence-corrected chi connectivity index (χ1v) is 17.0. The van der Waals surface area contributed by atoms with Gasteiger partial charge in [-0.2, -0.15) is 0 Å². The van der Waals surface area contributed by atoms with E-state index in [1.807, 2.05) is 46.0 Å². The molecule has 45 heavy (non-hydrogen) atoms. The highest BCUT2D eigenvalue weighted by atomic mass is 19.1. The summed E-state index contributed by atoms with van der Waals surface area (Å²) in [7, 11) is 0. The molecule has 1 aliphatic heterocycles. The van der Waals surface area contributed by atoms with E-state index in [0.29, 0.717) is 47.4 Å². The van der Waals surface area contributed by atoms with Crippen LogP contribution in [0.15, 0.2) is 47.4 Å². The number of benzene rings is 1. The first-order chi connectivity index (χ1) is 21.9. The van der Waals surface area contributed by atoms with Crippen LogP contribution in [-0.2, 0) is 6.54 Å². The van der Waals surface area contributed by atoms with Crippen LogP contribution in [0, 0.1) is 5.82 Å². The predicted octanol–water partition coefficient (Wildman–Crippen LogP) is 7.77. The van der Waals surface area contributed by atoms with Gasteiger partial charge in [0.25, 0.3) is 11.5 Å². The third-order valence-electron chi connectivity index (χ3n) is 9.39. The number of nitrogens with zero attached hydrogens (tertiary/aromatic N) is 4. The van der Waals surface area contributed by atoms with Crippen LogP contribution in [0.1, 0.15) is 112 Å². The lowest BCUT2D eigenvalue weighted by molar-refractivity contribution is 0.0773. The number of carbonyl (C=O) groups is 1. The minimum atomic E-state index is -0.446. The standard InChI is InChI=1S/C35H40FN5O2.C2H6/c1-3-40(4-2)34(42)29-18-25(36)12-13-27(29)24-16-31(23-10-11-23)38-32(17-24)41-21-30(22-8-9-22)28-19-26(37-33(28)35(41)43)20-39-14-6-5-7-15-39;1-2/h12-13,16-19,21-23,37H,3-11,14-15,20H2,1-2H3;1-2H3. The number of hydrogen-bond acceptors (Lipinski definition) is 4. The number of fused-ring (bicyclic) bond motifs is 1. The Hall–Kier alpha value is -3.78. The molecule has 4 heterocycles. The molecule has 3 fully saturated rings. The molecule has 1 N–H and O–H groups in total. The van der Waals surface area contributed by atoms with Crippen LogP contribution in [0.5, 0.6) is 0 Å². The molecule has 0 radical (unpaired) electrons. The van der Waals surface area contributed by atoms with Crippen molar-refractivity contribution in [3.63, 3.8) is 0 Å². The summed E-state index contributed by atoms with van der Waals surface area (Å²) in [6, 6.07) is 10.5. The molecule has 2 saturated carbocycles. The van der Waals surface area contributed by atoms with Gasteiger partial charge in [-0.25, -0.2) is 9.37 Å². The quantitative estimate of drug-likeness (QED) is 0.210. The van der Waals surface area contributed by atoms with Gasteiger partial charge in [0.1, 0.15) is 17.2 Å². The first-order valence-electron chi connectivity index (χ1n) is 17.0. The number of carbonyl (C=O) groups excluding carboxylic acids is 1. The zero-order valence-electron chi connectivity index (χ0n) is 27.2. The van der Waals surface area contributed by atoms with Gasteiger partial charge in [0, 0.05) is 48.5 Å². The molecule has 1 aromatic carbocycles. The molecule has 4 aromatic rings. The van der Waals surface area contributed by atoms with Crippen LogP contribution in [0.3, 0.4) is 0 Å². The molecule has 0 bridgehead atoms. The molecule has 1 saturated heterocycles. The maximum absolute atomic E-state index is 14.5. The number of pyridine rings is 2. The highest BCUT2D eigenvalue weighted by Crippen LogP contribution is 2.44. The van der Waals surface area contributed by atoms with Crippen molar-refractivity contribution in [2.45, 2.75) is 91.0 Å². The number of aromatic nitrogens is 3. The molecule has 0 unspecified atom stereocenters. The molecule has 238 valence electrons. The van der Waals surface area contributed by atoms with E-state index in [9.17, 15) is 14.0 Å². The van der Waals surface area contributed by atoms with Crippen molar-refractivity contribution in [2.75, 3.05) is 26.2 Å². The molecule has 0 atom stereocenters. The van der Waals surface area contributed by atoms with Crippen molar-refractivity contribution in [1.29, 1.82) is 0 Å². The molecule has 3 aliphatic rings. The van der Waals surface area contributed by atoms with Gasteiger partial charge in [0.2, 0.25) is 0 Å². The number of rotatable bonds is 9. The first kappa shape index (κ1) is 31.2. The lowest BCUT2D eigenvalue weighted by atomic mass is 9.97. The Morgan fingerprint density at radius 3 is 2.36 bits per heavy atom. The van der Waals surface area contributed by atoms with Gasteiger partial charge in [-0.15, -0.1) is 0 Å². The summed E-state index contributed by atoms with van der Waals surface area (Å²) >= 11 is 0. The van der Waals surface area contributed by atoms with Crippen molar-refractivity contribution in [1.82, 2.24) is 24.3 Å². The predicted molar refractivity (Wildman–Crippen MR) is 179 cm³/mol. The van der Waals surface area contributed by atoms with Gasteiger partial charge < -0.3 is 9.88 Å². The van der Waals surface area contributed by atoms with E-state index in [-0.39, 0.29) is 11.5 Å². The molecular weight excluding hydrogens is 565 g/mol. The number of piperidine rings is 1. The largest absolute Gasteiger partial charge is 0.353 e. The summed E-state index contributed by atoms with van der Waals surface area (Å²) in [5.41, 5.74) is 5.47.